The fraction of sp³-hybridized carbons (Fsp3) is 0.320. The summed E-state index contributed by atoms with van der Waals surface area (Å²) >= 11 is 0. The van der Waals surface area contributed by atoms with Crippen molar-refractivity contribution in [1.29, 1.82) is 0 Å². The van der Waals surface area contributed by atoms with E-state index in [-0.39, 0.29) is 31.6 Å². The number of aliphatic carboxylic acids is 1. The molecule has 0 saturated carbocycles. The molecule has 0 aromatic carbocycles. The van der Waals surface area contributed by atoms with Crippen molar-refractivity contribution < 1.29 is 32.6 Å². The number of aromatic nitrogens is 3. The molecule has 4 rings (SSSR count). The van der Waals surface area contributed by atoms with Crippen molar-refractivity contribution in [2.24, 2.45) is 5.73 Å². The fourth-order valence-corrected chi connectivity index (χ4v) is 4.48. The normalized spacial score (nSPS) is 15.3. The lowest BCUT2D eigenvalue weighted by atomic mass is 9.73. The third-order valence-electron chi connectivity index (χ3n) is 6.41. The number of rotatable bonds is 7. The zero-order valence-corrected chi connectivity index (χ0v) is 19.8. The molecule has 4 heterocycles. The molecule has 1 amide bonds. The van der Waals surface area contributed by atoms with Gasteiger partial charge in [-0.25, -0.2) is 9.97 Å². The molecule has 12 heteroatoms. The van der Waals surface area contributed by atoms with Gasteiger partial charge in [0.25, 0.3) is 5.91 Å². The summed E-state index contributed by atoms with van der Waals surface area (Å²) in [5.41, 5.74) is 4.16. The van der Waals surface area contributed by atoms with E-state index >= 15 is 0 Å². The summed E-state index contributed by atoms with van der Waals surface area (Å²) in [5.74, 6) is -1.72. The molecule has 1 saturated heterocycles. The number of carbonyl (C=O) groups excluding carboxylic acids is 1. The van der Waals surface area contributed by atoms with Crippen molar-refractivity contribution in [2.45, 2.75) is 31.4 Å². The number of piperidine rings is 1. The smallest absolute Gasteiger partial charge is 0.433 e. The van der Waals surface area contributed by atoms with Gasteiger partial charge in [0, 0.05) is 25.5 Å². The van der Waals surface area contributed by atoms with Gasteiger partial charge < -0.3 is 20.5 Å². The van der Waals surface area contributed by atoms with Crippen molar-refractivity contribution in [3.63, 3.8) is 0 Å². The maximum absolute atomic E-state index is 13.1. The highest BCUT2D eigenvalue weighted by atomic mass is 19.4. The lowest BCUT2D eigenvalue weighted by molar-refractivity contribution is -0.145. The molecule has 194 valence electrons. The number of carboxylic acid groups (broad SMARTS) is 1. The highest BCUT2D eigenvalue weighted by Gasteiger charge is 2.44. The Hall–Kier alpha value is -4.22. The molecule has 1 aliphatic rings. The van der Waals surface area contributed by atoms with Crippen LogP contribution >= 0.6 is 0 Å². The van der Waals surface area contributed by atoms with Gasteiger partial charge >= 0.3 is 12.1 Å². The van der Waals surface area contributed by atoms with Gasteiger partial charge in [0.1, 0.15) is 5.69 Å². The third-order valence-corrected chi connectivity index (χ3v) is 6.41. The van der Waals surface area contributed by atoms with Gasteiger partial charge in [-0.05, 0) is 55.7 Å². The first-order valence-corrected chi connectivity index (χ1v) is 11.5. The molecular formula is C25H24F3N5O4. The van der Waals surface area contributed by atoms with E-state index in [9.17, 15) is 27.9 Å². The summed E-state index contributed by atoms with van der Waals surface area (Å²) < 4.78 is 44.8. The van der Waals surface area contributed by atoms with Gasteiger partial charge in [-0.2, -0.15) is 13.2 Å². The van der Waals surface area contributed by atoms with Gasteiger partial charge in [-0.3, -0.25) is 14.6 Å². The Morgan fingerprint density at radius 3 is 2.43 bits per heavy atom. The average Bonchev–Trinajstić information content (AvgIpc) is 2.88. The third kappa shape index (κ3) is 5.04. The maximum Gasteiger partial charge on any atom is 0.433 e. The van der Waals surface area contributed by atoms with Crippen LogP contribution < -0.4 is 15.4 Å². The number of carboxylic acids is 1. The molecule has 0 aliphatic carbocycles. The number of amides is 1. The predicted octanol–water partition coefficient (Wildman–Crippen LogP) is 3.68. The number of carbonyl (C=O) groups is 2. The number of hydrogen-bond donors (Lipinski definition) is 2. The summed E-state index contributed by atoms with van der Waals surface area (Å²) in [6.45, 7) is 2.56. The molecule has 0 radical (unpaired) electrons. The van der Waals surface area contributed by atoms with Crippen LogP contribution in [0.5, 0.6) is 5.88 Å². The molecule has 0 bridgehead atoms. The maximum atomic E-state index is 13.1. The van der Waals surface area contributed by atoms with E-state index in [1.165, 1.54) is 6.20 Å². The van der Waals surface area contributed by atoms with Gasteiger partial charge in [0.15, 0.2) is 5.69 Å². The first kappa shape index (κ1) is 25.9. The first-order valence-electron chi connectivity index (χ1n) is 11.5. The Bertz CT molecular complexity index is 1310. The first-order chi connectivity index (χ1) is 17.6. The Morgan fingerprint density at radius 1 is 1.14 bits per heavy atom. The fourth-order valence-electron chi connectivity index (χ4n) is 4.48. The van der Waals surface area contributed by atoms with Crippen LogP contribution in [0.2, 0.25) is 0 Å². The number of alkyl halides is 3. The topological polar surface area (TPSA) is 132 Å². The van der Waals surface area contributed by atoms with Crippen LogP contribution in [0, 0.1) is 0 Å². The van der Waals surface area contributed by atoms with E-state index < -0.39 is 34.9 Å². The molecule has 1 fully saturated rings. The highest BCUT2D eigenvalue weighted by molar-refractivity contribution is 5.96. The highest BCUT2D eigenvalue weighted by Crippen LogP contribution is 2.39. The zero-order valence-electron chi connectivity index (χ0n) is 19.8. The van der Waals surface area contributed by atoms with Crippen molar-refractivity contribution >= 4 is 17.6 Å². The van der Waals surface area contributed by atoms with Crippen molar-refractivity contribution in [2.75, 3.05) is 24.6 Å². The van der Waals surface area contributed by atoms with Crippen LogP contribution in [-0.2, 0) is 16.4 Å². The number of pyridine rings is 3. The number of hydrogen-bond acceptors (Lipinski definition) is 7. The monoisotopic (exact) mass is 515 g/mol. The van der Waals surface area contributed by atoms with Crippen LogP contribution in [-0.4, -0.2) is 51.6 Å². The summed E-state index contributed by atoms with van der Waals surface area (Å²) in [6.07, 6.45) is -1.37. The SMILES string of the molecule is CCOc1ncccc1-c1ccc(C2(C(=O)O)CCN(c3ccc(C(F)(F)F)nc3C(N)=O)CC2)cn1. The van der Waals surface area contributed by atoms with Crippen molar-refractivity contribution in [3.05, 3.63) is 65.7 Å². The van der Waals surface area contributed by atoms with E-state index in [1.54, 1.807) is 35.4 Å². The molecular weight excluding hydrogens is 491 g/mol. The minimum atomic E-state index is -4.73. The zero-order chi connectivity index (χ0) is 26.8. The van der Waals surface area contributed by atoms with Crippen LogP contribution in [0.3, 0.4) is 0 Å². The van der Waals surface area contributed by atoms with E-state index in [1.807, 2.05) is 6.92 Å². The summed E-state index contributed by atoms with van der Waals surface area (Å²) in [7, 11) is 0. The molecule has 0 atom stereocenters. The Morgan fingerprint density at radius 2 is 1.86 bits per heavy atom. The van der Waals surface area contributed by atoms with Crippen LogP contribution in [0.15, 0.2) is 48.8 Å². The molecule has 3 aromatic rings. The number of primary amides is 1. The molecule has 37 heavy (non-hydrogen) atoms. The van der Waals surface area contributed by atoms with Gasteiger partial charge in [0.2, 0.25) is 5.88 Å². The summed E-state index contributed by atoms with van der Waals surface area (Å²) in [4.78, 5) is 38.0. The second-order valence-electron chi connectivity index (χ2n) is 8.52. The molecule has 3 N–H and O–H groups in total. The lowest BCUT2D eigenvalue weighted by Gasteiger charge is -2.40. The lowest BCUT2D eigenvalue weighted by Crippen LogP contribution is -2.48. The largest absolute Gasteiger partial charge is 0.481 e. The quantitative estimate of drug-likeness (QED) is 0.487. The summed E-state index contributed by atoms with van der Waals surface area (Å²) in [5, 5.41) is 10.2. The number of ether oxygens (including phenoxy) is 1. The molecule has 1 aliphatic heterocycles. The minimum Gasteiger partial charge on any atom is -0.481 e. The van der Waals surface area contributed by atoms with E-state index in [0.29, 0.717) is 29.3 Å². The molecule has 3 aromatic heterocycles. The standard InChI is InChI=1S/C25H24F3N5O4/c1-2-37-22-16(4-3-11-30-22)17-6-5-15(14-31-17)24(23(35)36)9-12-33(13-10-24)18-7-8-19(25(26,27)28)32-20(18)21(29)34/h3-8,11,14H,2,9-10,12-13H2,1H3,(H2,29,34)(H,35,36). The average molecular weight is 515 g/mol. The number of nitrogens with zero attached hydrogens (tertiary/aromatic N) is 4. The Labute approximate surface area is 210 Å². The van der Waals surface area contributed by atoms with E-state index in [0.717, 1.165) is 12.1 Å². The Kier molecular flexibility index (Phi) is 7.01. The Balaban J connectivity index is 1.60. The van der Waals surface area contributed by atoms with Gasteiger partial charge in [-0.1, -0.05) is 6.07 Å². The van der Waals surface area contributed by atoms with E-state index in [4.69, 9.17) is 10.5 Å². The van der Waals surface area contributed by atoms with Crippen molar-refractivity contribution in [1.82, 2.24) is 15.0 Å². The second kappa shape index (κ2) is 10.0. The van der Waals surface area contributed by atoms with E-state index in [2.05, 4.69) is 15.0 Å². The van der Waals surface area contributed by atoms with Crippen LogP contribution in [0.25, 0.3) is 11.3 Å². The van der Waals surface area contributed by atoms with Gasteiger partial charge in [0.05, 0.1) is 29.0 Å². The molecule has 0 unspecified atom stereocenters. The molecule has 0 spiro atoms. The number of nitrogens with two attached hydrogens (primary N) is 1. The van der Waals surface area contributed by atoms with Crippen LogP contribution in [0.4, 0.5) is 18.9 Å². The second-order valence-corrected chi connectivity index (χ2v) is 8.52. The number of anilines is 1. The van der Waals surface area contributed by atoms with Gasteiger partial charge in [-0.15, -0.1) is 0 Å². The van der Waals surface area contributed by atoms with Crippen molar-refractivity contribution in [3.8, 4) is 17.1 Å². The minimum absolute atomic E-state index is 0.125. The molecule has 9 nitrogen and oxygen atoms in total. The van der Waals surface area contributed by atoms with Crippen LogP contribution in [0.1, 0.15) is 41.5 Å². The summed E-state index contributed by atoms with van der Waals surface area (Å²) in [6, 6.07) is 8.88. The predicted molar refractivity (Wildman–Crippen MR) is 127 cm³/mol. The number of halogens is 3.